The lowest BCUT2D eigenvalue weighted by molar-refractivity contribution is -0.155. The van der Waals surface area contributed by atoms with Gasteiger partial charge in [-0.3, -0.25) is 0 Å². The molecule has 2 heterocycles. The molecule has 2 fully saturated rings. The van der Waals surface area contributed by atoms with Crippen molar-refractivity contribution < 1.29 is 14.2 Å². The normalized spacial score (nSPS) is 24.5. The molecule has 21 heavy (non-hydrogen) atoms. The summed E-state index contributed by atoms with van der Waals surface area (Å²) in [5, 5.41) is 9.75. The maximum absolute atomic E-state index is 9.17. The molecule has 2 aliphatic heterocycles. The highest BCUT2D eigenvalue weighted by molar-refractivity contribution is 6.30. The van der Waals surface area contributed by atoms with Gasteiger partial charge >= 0.3 is 0 Å². The van der Waals surface area contributed by atoms with Crippen LogP contribution in [0.2, 0.25) is 5.02 Å². The zero-order valence-electron chi connectivity index (χ0n) is 11.8. The molecular weight excluding hydrogens is 290 g/mol. The van der Waals surface area contributed by atoms with Crippen molar-refractivity contribution in [3.05, 3.63) is 28.8 Å². The Kier molecular flexibility index (Phi) is 4.34. The third-order valence-corrected chi connectivity index (χ3v) is 4.44. The Morgan fingerprint density at radius 3 is 2.86 bits per heavy atom. The van der Waals surface area contributed by atoms with E-state index in [1.54, 1.807) is 18.2 Å². The van der Waals surface area contributed by atoms with Gasteiger partial charge in [0, 0.05) is 37.1 Å². The highest BCUT2D eigenvalue weighted by atomic mass is 35.5. The minimum absolute atomic E-state index is 0.0578. The molecule has 1 aromatic carbocycles. The third kappa shape index (κ3) is 3.32. The van der Waals surface area contributed by atoms with Gasteiger partial charge in [-0.15, -0.1) is 0 Å². The molecule has 0 amide bonds. The van der Waals surface area contributed by atoms with Crippen LogP contribution in [0.5, 0.6) is 5.75 Å². The second kappa shape index (κ2) is 6.23. The lowest BCUT2D eigenvalue weighted by atomic mass is 9.85. The van der Waals surface area contributed by atoms with Crippen molar-refractivity contribution in [2.24, 2.45) is 0 Å². The predicted octanol–water partition coefficient (Wildman–Crippen LogP) is 3.32. The average molecular weight is 308 g/mol. The first-order valence-electron chi connectivity index (χ1n) is 7.29. The average Bonchev–Trinajstić information content (AvgIpc) is 2.48. The molecule has 112 valence electrons. The van der Waals surface area contributed by atoms with Crippen molar-refractivity contribution >= 4 is 11.6 Å². The fourth-order valence-electron chi connectivity index (χ4n) is 3.04. The smallest absolute Gasteiger partial charge is 0.138 e. The lowest BCUT2D eigenvalue weighted by Crippen LogP contribution is -2.47. The van der Waals surface area contributed by atoms with E-state index >= 15 is 0 Å². The van der Waals surface area contributed by atoms with Crippen LogP contribution in [-0.2, 0) is 9.47 Å². The molecule has 1 aromatic rings. The number of nitrogens with zero attached hydrogens (tertiary/aromatic N) is 1. The van der Waals surface area contributed by atoms with Crippen LogP contribution in [-0.4, -0.2) is 31.5 Å². The van der Waals surface area contributed by atoms with Crippen molar-refractivity contribution in [2.45, 2.75) is 37.4 Å². The van der Waals surface area contributed by atoms with Gasteiger partial charge in [-0.2, -0.15) is 5.26 Å². The van der Waals surface area contributed by atoms with Gasteiger partial charge in [-0.05, 0) is 25.0 Å². The van der Waals surface area contributed by atoms with Gasteiger partial charge in [-0.1, -0.05) is 11.6 Å². The maximum Gasteiger partial charge on any atom is 0.138 e. The number of hydrogen-bond donors (Lipinski definition) is 0. The van der Waals surface area contributed by atoms with Gasteiger partial charge in [0.05, 0.1) is 17.8 Å². The molecule has 0 N–H and O–H groups in total. The fraction of sp³-hybridized carbons (Fsp3) is 0.562. The highest BCUT2D eigenvalue weighted by Gasteiger charge is 2.40. The van der Waals surface area contributed by atoms with E-state index in [0.29, 0.717) is 22.9 Å². The van der Waals surface area contributed by atoms with E-state index in [-0.39, 0.29) is 11.7 Å². The summed E-state index contributed by atoms with van der Waals surface area (Å²) >= 11 is 6.00. The summed E-state index contributed by atoms with van der Waals surface area (Å²) in [6, 6.07) is 7.26. The van der Waals surface area contributed by atoms with Crippen LogP contribution in [0.3, 0.4) is 0 Å². The summed E-state index contributed by atoms with van der Waals surface area (Å²) < 4.78 is 17.5. The Morgan fingerprint density at radius 2 is 2.10 bits per heavy atom. The number of rotatable bonds is 2. The van der Waals surface area contributed by atoms with E-state index in [1.807, 2.05) is 0 Å². The van der Waals surface area contributed by atoms with E-state index in [4.69, 9.17) is 31.1 Å². The Morgan fingerprint density at radius 1 is 1.29 bits per heavy atom. The van der Waals surface area contributed by atoms with Gasteiger partial charge < -0.3 is 14.2 Å². The van der Waals surface area contributed by atoms with Gasteiger partial charge in [0.2, 0.25) is 0 Å². The first-order valence-corrected chi connectivity index (χ1v) is 7.67. The second-order valence-electron chi connectivity index (χ2n) is 5.63. The molecule has 1 atom stereocenters. The van der Waals surface area contributed by atoms with Crippen LogP contribution in [0.4, 0.5) is 0 Å². The second-order valence-corrected chi connectivity index (χ2v) is 6.07. The van der Waals surface area contributed by atoms with Crippen molar-refractivity contribution in [2.75, 3.05) is 19.8 Å². The van der Waals surface area contributed by atoms with Crippen LogP contribution in [0, 0.1) is 11.3 Å². The quantitative estimate of drug-likeness (QED) is 0.841. The van der Waals surface area contributed by atoms with Crippen molar-refractivity contribution in [1.82, 2.24) is 0 Å². The fourth-order valence-corrected chi connectivity index (χ4v) is 3.20. The van der Waals surface area contributed by atoms with Crippen LogP contribution >= 0.6 is 11.6 Å². The molecule has 0 saturated carbocycles. The molecule has 0 radical (unpaired) electrons. The molecule has 0 aromatic heterocycles. The monoisotopic (exact) mass is 307 g/mol. The molecule has 5 heteroatoms. The van der Waals surface area contributed by atoms with Crippen LogP contribution < -0.4 is 4.74 Å². The lowest BCUT2D eigenvalue weighted by Gasteiger charge is -2.43. The largest absolute Gasteiger partial charge is 0.489 e. The topological polar surface area (TPSA) is 51.5 Å². The van der Waals surface area contributed by atoms with Crippen molar-refractivity contribution in [3.63, 3.8) is 0 Å². The van der Waals surface area contributed by atoms with Gasteiger partial charge in [0.25, 0.3) is 0 Å². The minimum Gasteiger partial charge on any atom is -0.489 e. The van der Waals surface area contributed by atoms with Gasteiger partial charge in [0.1, 0.15) is 17.9 Å². The SMILES string of the molecule is N#Cc1ccc(Cl)cc1OC1CCOC2(CCOCC2)C1. The number of ether oxygens (including phenoxy) is 3. The Bertz CT molecular complexity index is 543. The van der Waals surface area contributed by atoms with E-state index < -0.39 is 0 Å². The minimum atomic E-state index is -0.119. The first-order chi connectivity index (χ1) is 10.2. The zero-order valence-corrected chi connectivity index (χ0v) is 12.6. The van der Waals surface area contributed by atoms with Crippen LogP contribution in [0.1, 0.15) is 31.2 Å². The predicted molar refractivity (Wildman–Crippen MR) is 78.6 cm³/mol. The first kappa shape index (κ1) is 14.6. The van der Waals surface area contributed by atoms with E-state index in [9.17, 15) is 0 Å². The van der Waals surface area contributed by atoms with Crippen LogP contribution in [0.25, 0.3) is 0 Å². The van der Waals surface area contributed by atoms with Crippen molar-refractivity contribution in [1.29, 1.82) is 5.26 Å². The van der Waals surface area contributed by atoms with Gasteiger partial charge in [0.15, 0.2) is 0 Å². The summed E-state index contributed by atoms with van der Waals surface area (Å²) in [5.74, 6) is 0.569. The molecule has 2 saturated heterocycles. The molecule has 0 aliphatic carbocycles. The Hall–Kier alpha value is -1.28. The molecular formula is C16H18ClNO3. The van der Waals surface area contributed by atoms with E-state index in [1.165, 1.54) is 0 Å². The number of halogens is 1. The molecule has 0 bridgehead atoms. The Labute approximate surface area is 129 Å². The van der Waals surface area contributed by atoms with Gasteiger partial charge in [-0.25, -0.2) is 0 Å². The number of benzene rings is 1. The van der Waals surface area contributed by atoms with Crippen molar-refractivity contribution in [3.8, 4) is 11.8 Å². The number of hydrogen-bond acceptors (Lipinski definition) is 4. The maximum atomic E-state index is 9.17. The third-order valence-electron chi connectivity index (χ3n) is 4.21. The molecule has 1 spiro atoms. The van der Waals surface area contributed by atoms with E-state index in [2.05, 4.69) is 6.07 Å². The summed E-state index contributed by atoms with van der Waals surface area (Å²) in [5.41, 5.74) is 0.402. The van der Waals surface area contributed by atoms with E-state index in [0.717, 1.165) is 38.9 Å². The molecule has 3 rings (SSSR count). The summed E-state index contributed by atoms with van der Waals surface area (Å²) in [6.07, 6.45) is 3.55. The highest BCUT2D eigenvalue weighted by Crippen LogP contribution is 2.36. The molecule has 2 aliphatic rings. The Balaban J connectivity index is 1.73. The summed E-state index contributed by atoms with van der Waals surface area (Å²) in [4.78, 5) is 0. The summed E-state index contributed by atoms with van der Waals surface area (Å²) in [7, 11) is 0. The number of nitriles is 1. The molecule has 1 unspecified atom stereocenters. The standard InChI is InChI=1S/C16H18ClNO3/c17-13-2-1-12(11-18)15(9-13)21-14-3-6-20-16(10-14)4-7-19-8-5-16/h1-2,9,14H,3-8,10H2. The zero-order chi connectivity index (χ0) is 14.7. The van der Waals surface area contributed by atoms with Crippen LogP contribution in [0.15, 0.2) is 18.2 Å². The summed E-state index contributed by atoms with van der Waals surface area (Å²) in [6.45, 7) is 2.17. The molecule has 4 nitrogen and oxygen atoms in total.